The van der Waals surface area contributed by atoms with Crippen molar-refractivity contribution in [2.45, 2.75) is 44.9 Å². The van der Waals surface area contributed by atoms with Crippen LogP contribution in [0.25, 0.3) is 0 Å². The highest BCUT2D eigenvalue weighted by atomic mass is 16.3. The molecule has 0 radical (unpaired) electrons. The minimum atomic E-state index is -0.0527. The fourth-order valence-corrected chi connectivity index (χ4v) is 1.81. The number of phenolic OH excluding ortho intramolecular Hbond substituents is 2. The quantitative estimate of drug-likeness (QED) is 0.428. The molecule has 0 saturated carbocycles. The molecule has 0 aliphatic carbocycles. The summed E-state index contributed by atoms with van der Waals surface area (Å²) in [5.74, 6) is 2.56. The molecule has 1 aromatic carbocycles. The van der Waals surface area contributed by atoms with Gasteiger partial charge in [-0.15, -0.1) is 12.3 Å². The molecule has 0 heterocycles. The van der Waals surface area contributed by atoms with Gasteiger partial charge in [0.05, 0.1) is 0 Å². The highest BCUT2D eigenvalue weighted by molar-refractivity contribution is 5.40. The molecular formula is C15H20O2. The van der Waals surface area contributed by atoms with Crippen LogP contribution in [0.15, 0.2) is 18.2 Å². The van der Waals surface area contributed by atoms with Crippen LogP contribution in [-0.4, -0.2) is 10.2 Å². The Hall–Kier alpha value is -1.62. The molecule has 17 heavy (non-hydrogen) atoms. The standard InChI is InChI=1S/C15H20O2/c1-2-3-4-5-6-7-8-9-13-10-11-14(16)15(17)12-13/h1,10-12,16-17H,3-9H2. The fourth-order valence-electron chi connectivity index (χ4n) is 1.81. The Labute approximate surface area is 103 Å². The molecule has 0 spiro atoms. The maximum Gasteiger partial charge on any atom is 0.157 e. The van der Waals surface area contributed by atoms with E-state index in [4.69, 9.17) is 11.5 Å². The summed E-state index contributed by atoms with van der Waals surface area (Å²) in [6, 6.07) is 5.03. The van der Waals surface area contributed by atoms with Gasteiger partial charge in [0, 0.05) is 6.42 Å². The lowest BCUT2D eigenvalue weighted by Crippen LogP contribution is -1.86. The number of terminal acetylenes is 1. The predicted octanol–water partition coefficient (Wildman–Crippen LogP) is 3.61. The van der Waals surface area contributed by atoms with E-state index in [1.54, 1.807) is 6.07 Å². The molecule has 0 amide bonds. The Morgan fingerprint density at radius 3 is 2.35 bits per heavy atom. The van der Waals surface area contributed by atoms with Gasteiger partial charge < -0.3 is 10.2 Å². The molecule has 0 aliphatic heterocycles. The molecule has 0 bridgehead atoms. The van der Waals surface area contributed by atoms with Gasteiger partial charge in [0.1, 0.15) is 0 Å². The van der Waals surface area contributed by atoms with Crippen LogP contribution in [0.2, 0.25) is 0 Å². The SMILES string of the molecule is C#CCCCCCCCc1ccc(O)c(O)c1. The third-order valence-corrected chi connectivity index (χ3v) is 2.83. The van der Waals surface area contributed by atoms with Gasteiger partial charge in [0.15, 0.2) is 11.5 Å². The van der Waals surface area contributed by atoms with Crippen LogP contribution in [-0.2, 0) is 6.42 Å². The summed E-state index contributed by atoms with van der Waals surface area (Å²) in [5, 5.41) is 18.5. The number of hydrogen-bond acceptors (Lipinski definition) is 2. The van der Waals surface area contributed by atoms with E-state index < -0.39 is 0 Å². The average Bonchev–Trinajstić information content (AvgIpc) is 2.32. The van der Waals surface area contributed by atoms with Crippen molar-refractivity contribution in [2.24, 2.45) is 0 Å². The van der Waals surface area contributed by atoms with E-state index in [0.717, 1.165) is 31.2 Å². The van der Waals surface area contributed by atoms with E-state index in [9.17, 15) is 5.11 Å². The minimum absolute atomic E-state index is 0.0310. The summed E-state index contributed by atoms with van der Waals surface area (Å²) >= 11 is 0. The lowest BCUT2D eigenvalue weighted by molar-refractivity contribution is 0.403. The van der Waals surface area contributed by atoms with Crippen molar-refractivity contribution < 1.29 is 10.2 Å². The molecule has 0 atom stereocenters. The smallest absolute Gasteiger partial charge is 0.157 e. The first kappa shape index (κ1) is 13.4. The van der Waals surface area contributed by atoms with Gasteiger partial charge in [-0.05, 0) is 37.0 Å². The maximum absolute atomic E-state index is 9.33. The van der Waals surface area contributed by atoms with E-state index in [2.05, 4.69) is 5.92 Å². The van der Waals surface area contributed by atoms with Crippen molar-refractivity contribution in [1.29, 1.82) is 0 Å². The normalized spacial score (nSPS) is 10.1. The van der Waals surface area contributed by atoms with E-state index in [0.29, 0.717) is 0 Å². The van der Waals surface area contributed by atoms with Crippen LogP contribution in [0.1, 0.15) is 44.1 Å². The molecule has 0 unspecified atom stereocenters. The van der Waals surface area contributed by atoms with E-state index in [1.807, 2.05) is 6.07 Å². The average molecular weight is 232 g/mol. The van der Waals surface area contributed by atoms with Gasteiger partial charge in [-0.25, -0.2) is 0 Å². The van der Waals surface area contributed by atoms with Gasteiger partial charge in [-0.3, -0.25) is 0 Å². The molecule has 0 aliphatic rings. The zero-order valence-electron chi connectivity index (χ0n) is 10.2. The molecule has 2 N–H and O–H groups in total. The van der Waals surface area contributed by atoms with Gasteiger partial charge in [-0.2, -0.15) is 0 Å². The number of rotatable bonds is 7. The lowest BCUT2D eigenvalue weighted by Gasteiger charge is -2.03. The summed E-state index contributed by atoms with van der Waals surface area (Å²) in [6.07, 6.45) is 12.8. The number of aryl methyl sites for hydroxylation is 1. The Morgan fingerprint density at radius 2 is 1.65 bits per heavy atom. The van der Waals surface area contributed by atoms with E-state index >= 15 is 0 Å². The number of hydrogen-bond donors (Lipinski definition) is 2. The summed E-state index contributed by atoms with van der Waals surface area (Å²) in [6.45, 7) is 0. The molecule has 92 valence electrons. The minimum Gasteiger partial charge on any atom is -0.504 e. The van der Waals surface area contributed by atoms with E-state index in [1.165, 1.54) is 25.3 Å². The van der Waals surface area contributed by atoms with Crippen LogP contribution in [0.3, 0.4) is 0 Å². The molecule has 2 nitrogen and oxygen atoms in total. The third-order valence-electron chi connectivity index (χ3n) is 2.83. The number of benzene rings is 1. The lowest BCUT2D eigenvalue weighted by atomic mass is 10.0. The molecule has 1 aromatic rings. The Bertz CT molecular complexity index is 377. The second-order valence-corrected chi connectivity index (χ2v) is 4.29. The maximum atomic E-state index is 9.33. The number of phenols is 2. The summed E-state index contributed by atoms with van der Waals surface area (Å²) < 4.78 is 0. The first-order chi connectivity index (χ1) is 8.24. The summed E-state index contributed by atoms with van der Waals surface area (Å²) in [7, 11) is 0. The zero-order chi connectivity index (χ0) is 12.5. The topological polar surface area (TPSA) is 40.5 Å². The molecular weight excluding hydrogens is 212 g/mol. The highest BCUT2D eigenvalue weighted by Crippen LogP contribution is 2.25. The molecule has 0 saturated heterocycles. The van der Waals surface area contributed by atoms with Crippen LogP contribution >= 0.6 is 0 Å². The fraction of sp³-hybridized carbons (Fsp3) is 0.467. The number of aromatic hydroxyl groups is 2. The van der Waals surface area contributed by atoms with Crippen molar-refractivity contribution in [3.63, 3.8) is 0 Å². The second kappa shape index (κ2) is 7.62. The van der Waals surface area contributed by atoms with Gasteiger partial charge in [0.2, 0.25) is 0 Å². The first-order valence-corrected chi connectivity index (χ1v) is 6.18. The van der Waals surface area contributed by atoms with Crippen molar-refractivity contribution in [3.8, 4) is 23.8 Å². The zero-order valence-corrected chi connectivity index (χ0v) is 10.2. The van der Waals surface area contributed by atoms with Crippen molar-refractivity contribution >= 4 is 0 Å². The van der Waals surface area contributed by atoms with Crippen molar-refractivity contribution in [1.82, 2.24) is 0 Å². The molecule has 1 rings (SSSR count). The Morgan fingerprint density at radius 1 is 0.941 bits per heavy atom. The number of unbranched alkanes of at least 4 members (excludes halogenated alkanes) is 5. The van der Waals surface area contributed by atoms with E-state index in [-0.39, 0.29) is 11.5 Å². The predicted molar refractivity (Wildman–Crippen MR) is 70.0 cm³/mol. The summed E-state index contributed by atoms with van der Waals surface area (Å²) in [5.41, 5.74) is 1.07. The second-order valence-electron chi connectivity index (χ2n) is 4.29. The Kier molecular flexibility index (Phi) is 6.03. The van der Waals surface area contributed by atoms with Gasteiger partial charge in [-0.1, -0.05) is 25.3 Å². The molecule has 0 aromatic heterocycles. The molecule has 0 fully saturated rings. The van der Waals surface area contributed by atoms with Crippen LogP contribution in [0, 0.1) is 12.3 Å². The van der Waals surface area contributed by atoms with Crippen LogP contribution in [0.4, 0.5) is 0 Å². The third kappa shape index (κ3) is 5.31. The first-order valence-electron chi connectivity index (χ1n) is 6.18. The molecule has 2 heteroatoms. The summed E-state index contributed by atoms with van der Waals surface area (Å²) in [4.78, 5) is 0. The van der Waals surface area contributed by atoms with Crippen LogP contribution < -0.4 is 0 Å². The van der Waals surface area contributed by atoms with Crippen LogP contribution in [0.5, 0.6) is 11.5 Å². The highest BCUT2D eigenvalue weighted by Gasteiger charge is 2.00. The Balaban J connectivity index is 2.14. The largest absolute Gasteiger partial charge is 0.504 e. The van der Waals surface area contributed by atoms with Crippen molar-refractivity contribution in [3.05, 3.63) is 23.8 Å². The van der Waals surface area contributed by atoms with Crippen molar-refractivity contribution in [2.75, 3.05) is 0 Å². The monoisotopic (exact) mass is 232 g/mol. The van der Waals surface area contributed by atoms with Gasteiger partial charge in [0.25, 0.3) is 0 Å². The van der Waals surface area contributed by atoms with Gasteiger partial charge >= 0.3 is 0 Å².